The zero-order chi connectivity index (χ0) is 57.8. The number of benzene rings is 6. The molecule has 3 saturated heterocycles. The Morgan fingerprint density at radius 3 is 0.889 bits per heavy atom. The molecule has 0 aliphatic carbocycles. The summed E-state index contributed by atoms with van der Waals surface area (Å²) in [5.74, 6) is -0.887. The van der Waals surface area contributed by atoms with E-state index in [1.165, 1.54) is 36.4 Å². The minimum Gasteiger partial charge on any atom is -0.445 e. The van der Waals surface area contributed by atoms with Gasteiger partial charge in [-0.05, 0) is 148 Å². The Kier molecular flexibility index (Phi) is 21.1. The van der Waals surface area contributed by atoms with Gasteiger partial charge in [-0.1, -0.05) is 127 Å². The van der Waals surface area contributed by atoms with E-state index in [1.54, 1.807) is 32.9 Å². The first-order valence-corrected chi connectivity index (χ1v) is 27.4. The minimum atomic E-state index is -0.594. The molecule has 6 aromatic carbocycles. The lowest BCUT2D eigenvalue weighted by Gasteiger charge is -2.41. The second kappa shape index (κ2) is 28.5. The van der Waals surface area contributed by atoms with Crippen LogP contribution in [0.5, 0.6) is 0 Å². The van der Waals surface area contributed by atoms with Crippen LogP contribution in [0.15, 0.2) is 164 Å². The summed E-state index contributed by atoms with van der Waals surface area (Å²) in [6, 6.07) is 54.7. The summed E-state index contributed by atoms with van der Waals surface area (Å²) in [6.07, 6.45) is 3.65. The number of carbonyl (C=O) groups excluding carboxylic acids is 3. The molecule has 0 radical (unpaired) electrons. The van der Waals surface area contributed by atoms with Gasteiger partial charge < -0.3 is 28.9 Å². The zero-order valence-corrected chi connectivity index (χ0v) is 46.2. The van der Waals surface area contributed by atoms with Gasteiger partial charge in [0.25, 0.3) is 0 Å². The third-order valence-electron chi connectivity index (χ3n) is 15.5. The summed E-state index contributed by atoms with van der Waals surface area (Å²) < 4.78 is 56.7. The quantitative estimate of drug-likeness (QED) is 0.109. The maximum atomic E-state index is 13.5. The minimum absolute atomic E-state index is 0.116. The van der Waals surface area contributed by atoms with Crippen LogP contribution in [0.2, 0.25) is 0 Å². The molecule has 3 aliphatic rings. The van der Waals surface area contributed by atoms with Crippen LogP contribution in [0.4, 0.5) is 27.6 Å². The average molecular weight is 1100 g/mol. The smallest absolute Gasteiger partial charge is 0.410 e. The van der Waals surface area contributed by atoms with E-state index >= 15 is 0 Å². The predicted molar refractivity (Wildman–Crippen MR) is 301 cm³/mol. The lowest BCUT2D eigenvalue weighted by Crippen LogP contribution is -2.49. The number of halogens is 3. The molecule has 3 fully saturated rings. The molecule has 0 bridgehead atoms. The van der Waals surface area contributed by atoms with Crippen LogP contribution in [0.1, 0.15) is 92.7 Å². The van der Waals surface area contributed by atoms with Gasteiger partial charge in [-0.2, -0.15) is 15.8 Å². The highest BCUT2D eigenvalue weighted by Gasteiger charge is 2.43. The van der Waals surface area contributed by atoms with Crippen LogP contribution in [-0.2, 0) is 53.3 Å². The van der Waals surface area contributed by atoms with E-state index in [1.807, 2.05) is 130 Å². The van der Waals surface area contributed by atoms with E-state index in [0.29, 0.717) is 77.4 Å². The molecule has 1 unspecified atom stereocenters. The summed E-state index contributed by atoms with van der Waals surface area (Å²) in [5, 5.41) is 29.4. The highest BCUT2D eigenvalue weighted by molar-refractivity contribution is 5.69. The first-order chi connectivity index (χ1) is 39.0. The number of piperidine rings is 3. The molecule has 3 amide bonds. The van der Waals surface area contributed by atoms with Gasteiger partial charge >= 0.3 is 18.3 Å². The van der Waals surface area contributed by atoms with E-state index < -0.39 is 16.2 Å². The summed E-state index contributed by atoms with van der Waals surface area (Å²) >= 11 is 0. The Hall–Kier alpha value is -8.61. The van der Waals surface area contributed by atoms with Crippen molar-refractivity contribution in [2.45, 2.75) is 117 Å². The second-order valence-corrected chi connectivity index (χ2v) is 21.7. The second-order valence-electron chi connectivity index (χ2n) is 21.7. The van der Waals surface area contributed by atoms with Gasteiger partial charge in [-0.15, -0.1) is 0 Å². The van der Waals surface area contributed by atoms with Crippen molar-refractivity contribution >= 4 is 18.3 Å². The molecule has 0 spiro atoms. The number of carbonyl (C=O) groups is 3. The van der Waals surface area contributed by atoms with Crippen LogP contribution in [0.3, 0.4) is 0 Å². The van der Waals surface area contributed by atoms with Gasteiger partial charge in [0, 0.05) is 37.8 Å². The number of hydrogen-bond donors (Lipinski definition) is 0. The van der Waals surface area contributed by atoms with Crippen LogP contribution in [0.25, 0.3) is 0 Å². The Morgan fingerprint density at radius 2 is 0.667 bits per heavy atom. The standard InChI is InChI=1S/3C22H23FN2O2/c3*1-17-13-22(16-24,14-19-8-5-9-20(23)12-19)10-11-25(17)21(26)27-15-18-6-3-2-4-7-18/h3*2-9,12,17H,10-11,13-15H2,1H3/t17-,22?;17-,22+;17-,22-/m000/s1. The van der Waals surface area contributed by atoms with Crippen molar-refractivity contribution in [1.82, 2.24) is 14.7 Å². The Balaban J connectivity index is 0.000000175. The monoisotopic (exact) mass is 1100 g/mol. The summed E-state index contributed by atoms with van der Waals surface area (Å²) in [6.45, 7) is 7.86. The molecule has 6 aromatic rings. The van der Waals surface area contributed by atoms with Crippen molar-refractivity contribution in [3.63, 3.8) is 0 Å². The third kappa shape index (κ3) is 17.2. The third-order valence-corrected chi connectivity index (χ3v) is 15.5. The van der Waals surface area contributed by atoms with Gasteiger partial charge in [-0.3, -0.25) is 0 Å². The number of amides is 3. The van der Waals surface area contributed by atoms with E-state index in [4.69, 9.17) is 14.2 Å². The molecule has 12 nitrogen and oxygen atoms in total. The van der Waals surface area contributed by atoms with Crippen LogP contribution >= 0.6 is 0 Å². The zero-order valence-electron chi connectivity index (χ0n) is 46.2. The molecular formula is C66H69F3N6O6. The fourth-order valence-corrected chi connectivity index (χ4v) is 11.2. The molecular weight excluding hydrogens is 1030 g/mol. The Morgan fingerprint density at radius 1 is 0.420 bits per heavy atom. The van der Waals surface area contributed by atoms with Gasteiger partial charge in [0.05, 0.1) is 34.5 Å². The van der Waals surface area contributed by atoms with Crippen LogP contribution in [0, 0.1) is 67.7 Å². The highest BCUT2D eigenvalue weighted by atomic mass is 19.1. The maximum absolute atomic E-state index is 13.5. The number of rotatable bonds is 12. The first kappa shape index (κ1) is 60.0. The number of nitrogens with zero attached hydrogens (tertiary/aromatic N) is 6. The summed E-state index contributed by atoms with van der Waals surface area (Å²) in [4.78, 5) is 42.4. The summed E-state index contributed by atoms with van der Waals surface area (Å²) in [5.41, 5.74) is 3.46. The lowest BCUT2D eigenvalue weighted by atomic mass is 9.73. The topological polar surface area (TPSA) is 160 Å². The van der Waals surface area contributed by atoms with Crippen molar-refractivity contribution in [2.24, 2.45) is 16.2 Å². The maximum Gasteiger partial charge on any atom is 0.410 e. The van der Waals surface area contributed by atoms with E-state index in [2.05, 4.69) is 18.2 Å². The van der Waals surface area contributed by atoms with E-state index in [-0.39, 0.29) is 73.7 Å². The molecule has 3 heterocycles. The summed E-state index contributed by atoms with van der Waals surface area (Å²) in [7, 11) is 0. The van der Waals surface area contributed by atoms with Crippen molar-refractivity contribution in [2.75, 3.05) is 19.6 Å². The molecule has 0 aromatic heterocycles. The van der Waals surface area contributed by atoms with Crippen molar-refractivity contribution in [3.05, 3.63) is 215 Å². The molecule has 3 aliphatic heterocycles. The van der Waals surface area contributed by atoms with Gasteiger partial charge in [0.1, 0.15) is 37.3 Å². The molecule has 0 N–H and O–H groups in total. The molecule has 6 atom stereocenters. The van der Waals surface area contributed by atoms with Crippen molar-refractivity contribution in [3.8, 4) is 18.2 Å². The molecule has 15 heteroatoms. The Bertz CT molecular complexity index is 2840. The van der Waals surface area contributed by atoms with Crippen molar-refractivity contribution in [1.29, 1.82) is 15.8 Å². The normalized spacial score (nSPS) is 22.1. The molecule has 81 heavy (non-hydrogen) atoms. The SMILES string of the molecule is C[C@H]1CC(C#N)(Cc2cccc(F)c2)CCN1C(=O)OCc1ccccc1.C[C@H]1C[C@@](C#N)(Cc2cccc(F)c2)CCN1C(=O)OCc1ccccc1.C[C@H]1C[C@](C#N)(Cc2cccc(F)c2)CCN1C(=O)OCc1ccccc1. The number of hydrogen-bond acceptors (Lipinski definition) is 9. The fraction of sp³-hybridized carbons (Fsp3) is 0.364. The Labute approximate surface area is 473 Å². The number of ether oxygens (including phenoxy) is 3. The average Bonchev–Trinajstić information content (AvgIpc) is 3.53. The fourth-order valence-electron chi connectivity index (χ4n) is 11.2. The number of likely N-dealkylation sites (tertiary alicyclic amines) is 3. The largest absolute Gasteiger partial charge is 0.445 e. The highest BCUT2D eigenvalue weighted by Crippen LogP contribution is 2.41. The molecule has 0 saturated carbocycles. The van der Waals surface area contributed by atoms with Gasteiger partial charge in [0.2, 0.25) is 0 Å². The lowest BCUT2D eigenvalue weighted by molar-refractivity contribution is 0.0490. The first-order valence-electron chi connectivity index (χ1n) is 27.4. The van der Waals surface area contributed by atoms with Crippen molar-refractivity contribution < 1.29 is 41.8 Å². The van der Waals surface area contributed by atoms with E-state index in [9.17, 15) is 43.3 Å². The number of nitriles is 3. The van der Waals surface area contributed by atoms with Crippen LogP contribution in [-0.4, -0.2) is 70.7 Å². The predicted octanol–water partition coefficient (Wildman–Crippen LogP) is 14.1. The molecule has 9 rings (SSSR count). The van der Waals surface area contributed by atoms with Gasteiger partial charge in [-0.25, -0.2) is 27.6 Å². The molecule has 420 valence electrons. The van der Waals surface area contributed by atoms with Gasteiger partial charge in [0.15, 0.2) is 0 Å². The van der Waals surface area contributed by atoms with Crippen LogP contribution < -0.4 is 0 Å². The van der Waals surface area contributed by atoms with E-state index in [0.717, 1.165) is 33.4 Å².